The van der Waals surface area contributed by atoms with Gasteiger partial charge in [-0.25, -0.2) is 0 Å². The van der Waals surface area contributed by atoms with E-state index in [1.807, 2.05) is 0 Å². The number of carboxylic acid groups (broad SMARTS) is 1. The van der Waals surface area contributed by atoms with E-state index in [1.54, 1.807) is 20.8 Å². The molecule has 0 unspecified atom stereocenters. The molecule has 0 rings (SSSR count). The van der Waals surface area contributed by atoms with Crippen molar-refractivity contribution >= 4 is 35.6 Å². The van der Waals surface area contributed by atoms with Crippen LogP contribution < -0.4 is 16.4 Å². The summed E-state index contributed by atoms with van der Waals surface area (Å²) in [5.74, 6) is -5.39. The molecule has 31 heavy (non-hydrogen) atoms. The first-order valence-corrected chi connectivity index (χ1v) is 9.38. The molecule has 0 aliphatic carbocycles. The molecule has 1 atom stereocenters. The van der Waals surface area contributed by atoms with Crippen molar-refractivity contribution in [2.24, 2.45) is 5.73 Å². The number of nitrogens with zero attached hydrogens (tertiary/aromatic N) is 1. The SMILES string of the molecule is C=C(C)C(=O)NCC(=O)NCC(=O)N(CC(=O)O)C(=O)[C@@H](N)CCC(=O)OC(C)(C)C. The lowest BCUT2D eigenvalue weighted by Gasteiger charge is -2.23. The van der Waals surface area contributed by atoms with Crippen LogP contribution in [0, 0.1) is 0 Å². The molecule has 0 fully saturated rings. The van der Waals surface area contributed by atoms with Gasteiger partial charge >= 0.3 is 11.9 Å². The molecule has 0 aromatic carbocycles. The van der Waals surface area contributed by atoms with Gasteiger partial charge in [-0.1, -0.05) is 6.58 Å². The minimum atomic E-state index is -1.47. The number of imide groups is 1. The highest BCUT2D eigenvalue weighted by molar-refractivity contribution is 6.02. The van der Waals surface area contributed by atoms with E-state index in [9.17, 15) is 28.8 Å². The molecular formula is C19H30N4O8. The van der Waals surface area contributed by atoms with Gasteiger partial charge in [-0.15, -0.1) is 0 Å². The maximum atomic E-state index is 12.4. The van der Waals surface area contributed by atoms with E-state index in [2.05, 4.69) is 17.2 Å². The Bertz CT molecular complexity index is 742. The van der Waals surface area contributed by atoms with Gasteiger partial charge in [-0.3, -0.25) is 33.7 Å². The molecule has 4 amide bonds. The van der Waals surface area contributed by atoms with E-state index in [1.165, 1.54) is 6.92 Å². The van der Waals surface area contributed by atoms with Gasteiger partial charge in [0.25, 0.3) is 0 Å². The van der Waals surface area contributed by atoms with E-state index < -0.39 is 66.8 Å². The molecule has 0 spiro atoms. The lowest BCUT2D eigenvalue weighted by Crippen LogP contribution is -2.52. The third kappa shape index (κ3) is 12.1. The van der Waals surface area contributed by atoms with E-state index >= 15 is 0 Å². The van der Waals surface area contributed by atoms with Crippen molar-refractivity contribution in [1.29, 1.82) is 0 Å². The number of rotatable bonds is 11. The number of esters is 1. The third-order valence-corrected chi connectivity index (χ3v) is 3.49. The van der Waals surface area contributed by atoms with Gasteiger partial charge in [0.15, 0.2) is 0 Å². The van der Waals surface area contributed by atoms with Crippen molar-refractivity contribution in [3.63, 3.8) is 0 Å². The number of nitrogens with two attached hydrogens (primary N) is 1. The van der Waals surface area contributed by atoms with Crippen molar-refractivity contribution in [2.45, 2.75) is 52.2 Å². The van der Waals surface area contributed by atoms with Crippen molar-refractivity contribution in [3.05, 3.63) is 12.2 Å². The Morgan fingerprint density at radius 2 is 1.68 bits per heavy atom. The summed E-state index contributed by atoms with van der Waals surface area (Å²) in [6, 6.07) is -1.33. The average molecular weight is 442 g/mol. The first-order valence-electron chi connectivity index (χ1n) is 9.38. The van der Waals surface area contributed by atoms with Crippen LogP contribution in [-0.4, -0.2) is 76.9 Å². The number of amides is 4. The van der Waals surface area contributed by atoms with Crippen LogP contribution in [0.1, 0.15) is 40.5 Å². The van der Waals surface area contributed by atoms with Crippen LogP contribution in [0.4, 0.5) is 0 Å². The normalized spacial score (nSPS) is 11.6. The van der Waals surface area contributed by atoms with Crippen LogP contribution in [0.15, 0.2) is 12.2 Å². The summed E-state index contributed by atoms with van der Waals surface area (Å²) in [5.41, 5.74) is 5.18. The number of aliphatic carboxylic acids is 1. The van der Waals surface area contributed by atoms with Gasteiger partial charge in [0.2, 0.25) is 23.6 Å². The van der Waals surface area contributed by atoms with Crippen molar-refractivity contribution in [3.8, 4) is 0 Å². The molecule has 0 aliphatic rings. The molecule has 0 aromatic heterocycles. The highest BCUT2D eigenvalue weighted by atomic mass is 16.6. The number of carbonyl (C=O) groups is 6. The summed E-state index contributed by atoms with van der Waals surface area (Å²) in [6.45, 7) is 7.74. The smallest absolute Gasteiger partial charge is 0.323 e. The maximum absolute atomic E-state index is 12.4. The molecule has 5 N–H and O–H groups in total. The lowest BCUT2D eigenvalue weighted by atomic mass is 10.1. The van der Waals surface area contributed by atoms with Crippen LogP contribution in [0.25, 0.3) is 0 Å². The largest absolute Gasteiger partial charge is 0.480 e. The van der Waals surface area contributed by atoms with Crippen LogP contribution in [0.3, 0.4) is 0 Å². The Kier molecular flexibility index (Phi) is 11.1. The van der Waals surface area contributed by atoms with Gasteiger partial charge in [0.1, 0.15) is 12.1 Å². The second kappa shape index (κ2) is 12.4. The Morgan fingerprint density at radius 1 is 1.10 bits per heavy atom. The Balaban J connectivity index is 4.85. The predicted octanol–water partition coefficient (Wildman–Crippen LogP) is -1.32. The fourth-order valence-corrected chi connectivity index (χ4v) is 2.06. The minimum Gasteiger partial charge on any atom is -0.480 e. The van der Waals surface area contributed by atoms with Gasteiger partial charge < -0.3 is 26.2 Å². The van der Waals surface area contributed by atoms with Crippen LogP contribution in [-0.2, 0) is 33.5 Å². The molecule has 0 aliphatic heterocycles. The van der Waals surface area contributed by atoms with E-state index in [0.717, 1.165) is 0 Å². The molecule has 0 bridgehead atoms. The van der Waals surface area contributed by atoms with Crippen molar-refractivity contribution in [1.82, 2.24) is 15.5 Å². The Labute approximate surface area is 180 Å². The fourth-order valence-electron chi connectivity index (χ4n) is 2.06. The molecular weight excluding hydrogens is 412 g/mol. The maximum Gasteiger partial charge on any atom is 0.323 e. The highest BCUT2D eigenvalue weighted by Crippen LogP contribution is 2.10. The molecule has 0 heterocycles. The monoisotopic (exact) mass is 442 g/mol. The Morgan fingerprint density at radius 3 is 2.16 bits per heavy atom. The zero-order valence-electron chi connectivity index (χ0n) is 18.1. The summed E-state index contributed by atoms with van der Waals surface area (Å²) in [4.78, 5) is 70.9. The van der Waals surface area contributed by atoms with E-state index in [-0.39, 0.29) is 18.4 Å². The standard InChI is InChI=1S/C19H30N4O8/c1-11(2)17(29)22-8-13(24)21-9-14(25)23(10-15(26)27)18(30)12(20)6-7-16(28)31-19(3,4)5/h12H,1,6-10,20H2,2-5H3,(H,21,24)(H,22,29)(H,26,27)/t12-/m0/s1. The van der Waals surface area contributed by atoms with E-state index in [4.69, 9.17) is 15.6 Å². The Hall–Kier alpha value is -3.28. The quantitative estimate of drug-likeness (QED) is 0.222. The number of hydrogen-bond donors (Lipinski definition) is 4. The minimum absolute atomic E-state index is 0.170. The van der Waals surface area contributed by atoms with Gasteiger partial charge in [0, 0.05) is 12.0 Å². The fraction of sp³-hybridized carbons (Fsp3) is 0.579. The third-order valence-electron chi connectivity index (χ3n) is 3.49. The molecule has 0 radical (unpaired) electrons. The zero-order chi connectivity index (χ0) is 24.4. The predicted molar refractivity (Wildman–Crippen MR) is 108 cm³/mol. The summed E-state index contributed by atoms with van der Waals surface area (Å²) >= 11 is 0. The topological polar surface area (TPSA) is 185 Å². The van der Waals surface area contributed by atoms with E-state index in [0.29, 0.717) is 4.90 Å². The number of carbonyl (C=O) groups excluding carboxylic acids is 5. The van der Waals surface area contributed by atoms with Gasteiger partial charge in [-0.05, 0) is 34.1 Å². The molecule has 174 valence electrons. The zero-order valence-corrected chi connectivity index (χ0v) is 18.1. The number of ether oxygens (including phenoxy) is 1. The molecule has 12 heteroatoms. The lowest BCUT2D eigenvalue weighted by molar-refractivity contribution is -0.155. The van der Waals surface area contributed by atoms with Crippen LogP contribution in [0.2, 0.25) is 0 Å². The first kappa shape index (κ1) is 27.7. The van der Waals surface area contributed by atoms with Crippen LogP contribution >= 0.6 is 0 Å². The molecule has 0 saturated heterocycles. The second-order valence-corrected chi connectivity index (χ2v) is 7.68. The summed E-state index contributed by atoms with van der Waals surface area (Å²) in [6.07, 6.45) is -0.380. The number of nitrogens with one attached hydrogen (secondary N) is 2. The van der Waals surface area contributed by atoms with Gasteiger partial charge in [-0.2, -0.15) is 0 Å². The highest BCUT2D eigenvalue weighted by Gasteiger charge is 2.29. The van der Waals surface area contributed by atoms with Crippen molar-refractivity contribution < 1.29 is 38.6 Å². The molecule has 12 nitrogen and oxygen atoms in total. The second-order valence-electron chi connectivity index (χ2n) is 7.68. The molecule has 0 saturated carbocycles. The van der Waals surface area contributed by atoms with Crippen molar-refractivity contribution in [2.75, 3.05) is 19.6 Å². The first-order chi connectivity index (χ1) is 14.1. The summed E-state index contributed by atoms with van der Waals surface area (Å²) in [7, 11) is 0. The molecule has 0 aromatic rings. The number of carboxylic acids is 1. The average Bonchev–Trinajstić information content (AvgIpc) is 2.64. The van der Waals surface area contributed by atoms with Gasteiger partial charge in [0.05, 0.1) is 19.1 Å². The summed E-state index contributed by atoms with van der Waals surface area (Å²) in [5, 5.41) is 13.4. The number of hydrogen-bond acceptors (Lipinski definition) is 8. The summed E-state index contributed by atoms with van der Waals surface area (Å²) < 4.78 is 5.10. The van der Waals surface area contributed by atoms with Crippen LogP contribution in [0.5, 0.6) is 0 Å².